The average Bonchev–Trinajstić information content (AvgIpc) is 2.64. The molecule has 3 rings (SSSR count). The van der Waals surface area contributed by atoms with Gasteiger partial charge in [0, 0.05) is 16.8 Å². The minimum atomic E-state index is -3.81. The van der Waals surface area contributed by atoms with Gasteiger partial charge in [-0.2, -0.15) is 18.4 Å². The maximum atomic E-state index is 12.4. The van der Waals surface area contributed by atoms with Crippen LogP contribution in [0.4, 0.5) is 0 Å². The van der Waals surface area contributed by atoms with Crippen LogP contribution in [0, 0.1) is 0 Å². The molecule has 0 aliphatic carbocycles. The van der Waals surface area contributed by atoms with Gasteiger partial charge in [0.05, 0.1) is 10.6 Å². The Labute approximate surface area is 151 Å². The van der Waals surface area contributed by atoms with Crippen LogP contribution in [-0.4, -0.2) is 19.1 Å². The van der Waals surface area contributed by atoms with Gasteiger partial charge in [0.25, 0.3) is 10.0 Å². The van der Waals surface area contributed by atoms with Gasteiger partial charge in [-0.1, -0.05) is 48.0 Å². The van der Waals surface area contributed by atoms with Gasteiger partial charge in [0.15, 0.2) is 0 Å². The second-order valence-electron chi connectivity index (χ2n) is 5.09. The summed E-state index contributed by atoms with van der Waals surface area (Å²) in [6.07, 6.45) is 1.63. The molecule has 0 bridgehead atoms. The molecule has 0 unspecified atom stereocenters. The highest BCUT2D eigenvalue weighted by atomic mass is 35.5. The van der Waals surface area contributed by atoms with Crippen LogP contribution in [0.5, 0.6) is 0 Å². The van der Waals surface area contributed by atoms with E-state index in [9.17, 15) is 8.42 Å². The fourth-order valence-electron chi connectivity index (χ4n) is 2.14. The second kappa shape index (κ2) is 7.46. The molecule has 0 atom stereocenters. The smallest absolute Gasteiger partial charge is 0.255 e. The summed E-state index contributed by atoms with van der Waals surface area (Å²) in [5.74, 6) is 0. The van der Waals surface area contributed by atoms with E-state index in [1.54, 1.807) is 18.3 Å². The predicted molar refractivity (Wildman–Crippen MR) is 98.1 cm³/mol. The summed E-state index contributed by atoms with van der Waals surface area (Å²) in [6, 6.07) is 20.5. The summed E-state index contributed by atoms with van der Waals surface area (Å²) in [6.45, 7) is 0. The number of pyridine rings is 1. The van der Waals surface area contributed by atoms with Crippen molar-refractivity contribution in [3.63, 3.8) is 0 Å². The van der Waals surface area contributed by atoms with Gasteiger partial charge in [-0.3, -0.25) is 4.98 Å². The largest absolute Gasteiger partial charge is 0.276 e. The third-order valence-corrected chi connectivity index (χ3v) is 4.83. The number of sulfonamides is 1. The number of aromatic nitrogens is 1. The van der Waals surface area contributed by atoms with E-state index in [0.717, 1.165) is 5.56 Å². The van der Waals surface area contributed by atoms with E-state index in [2.05, 4.69) is 14.9 Å². The predicted octanol–water partition coefficient (Wildman–Crippen LogP) is 3.47. The lowest BCUT2D eigenvalue weighted by molar-refractivity contribution is 0.584. The first-order valence-electron chi connectivity index (χ1n) is 7.38. The normalized spacial score (nSPS) is 12.0. The standard InChI is InChI=1S/C18H14ClN3O2S/c19-15-9-11-16(12-10-15)25(23,24)22-21-18(14-6-2-1-3-7-14)17-8-4-5-13-20-17/h1-13,22H/b21-18-. The molecular weight excluding hydrogens is 358 g/mol. The van der Waals surface area contributed by atoms with Crippen LogP contribution < -0.4 is 4.83 Å². The highest BCUT2D eigenvalue weighted by Gasteiger charge is 2.15. The summed E-state index contributed by atoms with van der Waals surface area (Å²) >= 11 is 5.80. The third-order valence-electron chi connectivity index (χ3n) is 3.36. The molecule has 3 aromatic rings. The Morgan fingerprint density at radius 1 is 0.920 bits per heavy atom. The Morgan fingerprint density at radius 2 is 1.60 bits per heavy atom. The maximum absolute atomic E-state index is 12.4. The number of nitrogens with one attached hydrogen (secondary N) is 1. The van der Waals surface area contributed by atoms with E-state index < -0.39 is 10.0 Å². The zero-order valence-electron chi connectivity index (χ0n) is 13.0. The Hall–Kier alpha value is -2.70. The van der Waals surface area contributed by atoms with Crippen molar-refractivity contribution in [3.05, 3.63) is 95.3 Å². The summed E-state index contributed by atoms with van der Waals surface area (Å²) in [7, 11) is -3.81. The molecule has 2 aromatic carbocycles. The lowest BCUT2D eigenvalue weighted by Gasteiger charge is -2.08. The van der Waals surface area contributed by atoms with Crippen molar-refractivity contribution in [1.29, 1.82) is 0 Å². The molecule has 0 aliphatic heterocycles. The van der Waals surface area contributed by atoms with E-state index in [-0.39, 0.29) is 4.90 Å². The Morgan fingerprint density at radius 3 is 2.24 bits per heavy atom. The van der Waals surface area contributed by atoms with Crippen LogP contribution in [0.1, 0.15) is 11.3 Å². The van der Waals surface area contributed by atoms with Gasteiger partial charge in [0.1, 0.15) is 5.71 Å². The molecule has 25 heavy (non-hydrogen) atoms. The molecule has 126 valence electrons. The third kappa shape index (κ3) is 4.23. The summed E-state index contributed by atoms with van der Waals surface area (Å²) in [4.78, 5) is 6.60. The number of halogens is 1. The van der Waals surface area contributed by atoms with E-state index in [4.69, 9.17) is 11.6 Å². The number of hydrogen-bond donors (Lipinski definition) is 1. The van der Waals surface area contributed by atoms with Gasteiger partial charge >= 0.3 is 0 Å². The number of benzene rings is 2. The van der Waals surface area contributed by atoms with Gasteiger partial charge < -0.3 is 0 Å². The molecular formula is C18H14ClN3O2S. The molecule has 1 aromatic heterocycles. The van der Waals surface area contributed by atoms with Crippen molar-refractivity contribution in [2.24, 2.45) is 5.10 Å². The van der Waals surface area contributed by atoms with Crippen molar-refractivity contribution in [3.8, 4) is 0 Å². The summed E-state index contributed by atoms with van der Waals surface area (Å²) in [5, 5.41) is 4.58. The quantitative estimate of drug-likeness (QED) is 0.551. The second-order valence-corrected chi connectivity index (χ2v) is 7.19. The molecule has 0 aliphatic rings. The molecule has 0 saturated carbocycles. The summed E-state index contributed by atoms with van der Waals surface area (Å²) in [5.41, 5.74) is 1.74. The SMILES string of the molecule is O=S(=O)(N/N=C(/c1ccccc1)c1ccccn1)c1ccc(Cl)cc1. The zero-order valence-corrected chi connectivity index (χ0v) is 14.6. The first-order chi connectivity index (χ1) is 12.1. The van der Waals surface area contributed by atoms with Crippen LogP contribution in [-0.2, 0) is 10.0 Å². The monoisotopic (exact) mass is 371 g/mol. The fraction of sp³-hybridized carbons (Fsp3) is 0. The van der Waals surface area contributed by atoms with E-state index in [0.29, 0.717) is 16.4 Å². The van der Waals surface area contributed by atoms with Crippen molar-refractivity contribution in [2.75, 3.05) is 0 Å². The topological polar surface area (TPSA) is 71.4 Å². The first-order valence-corrected chi connectivity index (χ1v) is 9.24. The van der Waals surface area contributed by atoms with Crippen molar-refractivity contribution < 1.29 is 8.42 Å². The minimum Gasteiger partial charge on any atom is -0.255 e. The molecule has 0 fully saturated rings. The van der Waals surface area contributed by atoms with Crippen LogP contribution in [0.15, 0.2) is 89.0 Å². The first kappa shape index (κ1) is 17.1. The molecule has 0 spiro atoms. The van der Waals surface area contributed by atoms with Crippen molar-refractivity contribution >= 4 is 27.3 Å². The molecule has 7 heteroatoms. The highest BCUT2D eigenvalue weighted by molar-refractivity contribution is 7.89. The molecule has 5 nitrogen and oxygen atoms in total. The summed E-state index contributed by atoms with van der Waals surface area (Å²) < 4.78 is 24.9. The van der Waals surface area contributed by atoms with Gasteiger partial charge in [-0.05, 0) is 36.4 Å². The van der Waals surface area contributed by atoms with Crippen LogP contribution >= 0.6 is 11.6 Å². The molecule has 0 amide bonds. The van der Waals surface area contributed by atoms with Gasteiger partial charge in [-0.25, -0.2) is 0 Å². The number of hydrogen-bond acceptors (Lipinski definition) is 4. The minimum absolute atomic E-state index is 0.0779. The number of rotatable bonds is 5. The maximum Gasteiger partial charge on any atom is 0.276 e. The Balaban J connectivity index is 1.98. The Kier molecular flexibility index (Phi) is 5.11. The number of hydrazone groups is 1. The average molecular weight is 372 g/mol. The fourth-order valence-corrected chi connectivity index (χ4v) is 3.08. The highest BCUT2D eigenvalue weighted by Crippen LogP contribution is 2.14. The van der Waals surface area contributed by atoms with Crippen LogP contribution in [0.3, 0.4) is 0 Å². The van der Waals surface area contributed by atoms with Gasteiger partial charge in [0.2, 0.25) is 0 Å². The van der Waals surface area contributed by atoms with Crippen LogP contribution in [0.25, 0.3) is 0 Å². The zero-order chi connectivity index (χ0) is 17.7. The van der Waals surface area contributed by atoms with E-state index in [1.165, 1.54) is 24.3 Å². The van der Waals surface area contributed by atoms with Gasteiger partial charge in [-0.15, -0.1) is 0 Å². The number of nitrogens with zero attached hydrogens (tertiary/aromatic N) is 2. The molecule has 1 heterocycles. The molecule has 1 N–H and O–H groups in total. The molecule has 0 radical (unpaired) electrons. The lowest BCUT2D eigenvalue weighted by atomic mass is 10.1. The van der Waals surface area contributed by atoms with E-state index in [1.807, 2.05) is 36.4 Å². The lowest BCUT2D eigenvalue weighted by Crippen LogP contribution is -2.21. The Bertz CT molecular complexity index is 932. The van der Waals surface area contributed by atoms with Crippen molar-refractivity contribution in [2.45, 2.75) is 4.90 Å². The van der Waals surface area contributed by atoms with Crippen LogP contribution in [0.2, 0.25) is 5.02 Å². The van der Waals surface area contributed by atoms with E-state index >= 15 is 0 Å². The van der Waals surface area contributed by atoms with Crippen molar-refractivity contribution in [1.82, 2.24) is 9.82 Å². The molecule has 0 saturated heterocycles.